The van der Waals surface area contributed by atoms with Crippen molar-refractivity contribution in [2.75, 3.05) is 7.05 Å². The van der Waals surface area contributed by atoms with E-state index in [0.717, 1.165) is 5.56 Å². The van der Waals surface area contributed by atoms with E-state index < -0.39 is 0 Å². The largest absolute Gasteiger partial charge is 0.309 e. The lowest BCUT2D eigenvalue weighted by Gasteiger charge is -2.08. The molecule has 1 aromatic carbocycles. The van der Waals surface area contributed by atoms with Gasteiger partial charge in [0.1, 0.15) is 5.82 Å². The van der Waals surface area contributed by atoms with Gasteiger partial charge in [-0.2, -0.15) is 5.26 Å². The maximum absolute atomic E-state index is 12.9. The molecule has 0 heterocycles. The molecule has 0 aromatic heterocycles. The average molecular weight is 243 g/mol. The lowest BCUT2D eigenvalue weighted by molar-refractivity contribution is 0.467. The standard InChI is InChI=1S/C9H8BrFN2/c1-13(6-12)5-7-2-8(10)4-9(11)3-7/h2-4H,5H2,1H3. The molecule has 0 saturated heterocycles. The van der Waals surface area contributed by atoms with Gasteiger partial charge in [0.15, 0.2) is 6.19 Å². The van der Waals surface area contributed by atoms with Crippen molar-refractivity contribution in [3.8, 4) is 6.19 Å². The molecule has 68 valence electrons. The molecule has 0 bridgehead atoms. The molecule has 0 aliphatic rings. The van der Waals surface area contributed by atoms with Crippen LogP contribution < -0.4 is 0 Å². The van der Waals surface area contributed by atoms with Crippen LogP contribution in [0.25, 0.3) is 0 Å². The van der Waals surface area contributed by atoms with Gasteiger partial charge >= 0.3 is 0 Å². The molecule has 0 aliphatic heterocycles. The van der Waals surface area contributed by atoms with Gasteiger partial charge in [-0.15, -0.1) is 0 Å². The summed E-state index contributed by atoms with van der Waals surface area (Å²) in [5.74, 6) is -0.296. The SMILES string of the molecule is CN(C#N)Cc1cc(F)cc(Br)c1. The van der Waals surface area contributed by atoms with E-state index in [4.69, 9.17) is 5.26 Å². The zero-order valence-corrected chi connectivity index (χ0v) is 8.68. The first kappa shape index (κ1) is 10.0. The Bertz CT molecular complexity index is 326. The molecule has 2 nitrogen and oxygen atoms in total. The molecule has 0 N–H and O–H groups in total. The van der Waals surface area contributed by atoms with Gasteiger partial charge in [-0.25, -0.2) is 4.39 Å². The summed E-state index contributed by atoms with van der Waals surface area (Å²) in [4.78, 5) is 1.43. The maximum Gasteiger partial charge on any atom is 0.179 e. The van der Waals surface area contributed by atoms with Gasteiger partial charge in [0, 0.05) is 11.5 Å². The third-order valence-electron chi connectivity index (χ3n) is 1.51. The molecule has 1 rings (SSSR count). The second-order valence-corrected chi connectivity index (χ2v) is 3.65. The smallest absolute Gasteiger partial charge is 0.179 e. The van der Waals surface area contributed by atoms with E-state index in [-0.39, 0.29) is 5.82 Å². The molecule has 0 fully saturated rings. The number of benzene rings is 1. The zero-order chi connectivity index (χ0) is 9.84. The summed E-state index contributed by atoms with van der Waals surface area (Å²) in [6, 6.07) is 4.59. The summed E-state index contributed by atoms with van der Waals surface area (Å²) < 4.78 is 13.5. The fraction of sp³-hybridized carbons (Fsp3) is 0.222. The van der Waals surface area contributed by atoms with Crippen molar-refractivity contribution in [2.24, 2.45) is 0 Å². The Labute approximate surface area is 84.7 Å². The molecule has 0 radical (unpaired) electrons. The van der Waals surface area contributed by atoms with Crippen LogP contribution in [0.5, 0.6) is 0 Å². The van der Waals surface area contributed by atoms with Gasteiger partial charge in [-0.3, -0.25) is 0 Å². The second kappa shape index (κ2) is 4.24. The minimum atomic E-state index is -0.296. The monoisotopic (exact) mass is 242 g/mol. The third kappa shape index (κ3) is 3.03. The Morgan fingerprint density at radius 2 is 2.23 bits per heavy atom. The molecule has 0 saturated carbocycles. The Morgan fingerprint density at radius 3 is 2.77 bits per heavy atom. The van der Waals surface area contributed by atoms with Gasteiger partial charge in [-0.05, 0) is 23.8 Å². The number of nitriles is 1. The predicted octanol–water partition coefficient (Wildman–Crippen LogP) is 2.50. The van der Waals surface area contributed by atoms with E-state index in [1.165, 1.54) is 17.0 Å². The molecule has 0 aliphatic carbocycles. The van der Waals surface area contributed by atoms with E-state index >= 15 is 0 Å². The van der Waals surface area contributed by atoms with Crippen molar-refractivity contribution in [3.63, 3.8) is 0 Å². The number of rotatable bonds is 2. The lowest BCUT2D eigenvalue weighted by atomic mass is 10.2. The number of hydrogen-bond donors (Lipinski definition) is 0. The highest BCUT2D eigenvalue weighted by atomic mass is 79.9. The van der Waals surface area contributed by atoms with Crippen molar-refractivity contribution in [1.82, 2.24) is 4.90 Å². The summed E-state index contributed by atoms with van der Waals surface area (Å²) >= 11 is 3.18. The molecular weight excluding hydrogens is 235 g/mol. The number of nitrogens with zero attached hydrogens (tertiary/aromatic N) is 2. The van der Waals surface area contributed by atoms with Crippen molar-refractivity contribution >= 4 is 15.9 Å². The van der Waals surface area contributed by atoms with Crippen LogP contribution >= 0.6 is 15.9 Å². The summed E-state index contributed by atoms with van der Waals surface area (Å²) in [5, 5.41) is 8.51. The maximum atomic E-state index is 12.9. The number of halogens is 2. The van der Waals surface area contributed by atoms with Crippen LogP contribution in [0.15, 0.2) is 22.7 Å². The fourth-order valence-corrected chi connectivity index (χ4v) is 1.52. The molecule has 0 unspecified atom stereocenters. The van der Waals surface area contributed by atoms with Crippen LogP contribution in [-0.4, -0.2) is 11.9 Å². The molecule has 0 atom stereocenters. The first-order valence-electron chi connectivity index (χ1n) is 3.67. The molecule has 0 amide bonds. The summed E-state index contributed by atoms with van der Waals surface area (Å²) in [6.07, 6.45) is 1.95. The molecule has 0 spiro atoms. The van der Waals surface area contributed by atoms with E-state index in [1.807, 2.05) is 6.19 Å². The Balaban J connectivity index is 2.84. The molecule has 1 aromatic rings. The lowest BCUT2D eigenvalue weighted by Crippen LogP contribution is -2.10. The molecular formula is C9H8BrFN2. The Hall–Kier alpha value is -1.08. The van der Waals surface area contributed by atoms with Crippen molar-refractivity contribution in [2.45, 2.75) is 6.54 Å². The molecule has 4 heteroatoms. The molecule has 13 heavy (non-hydrogen) atoms. The van der Waals surface area contributed by atoms with E-state index in [0.29, 0.717) is 11.0 Å². The van der Waals surface area contributed by atoms with Crippen LogP contribution in [0.3, 0.4) is 0 Å². The Kier molecular flexibility index (Phi) is 3.26. The van der Waals surface area contributed by atoms with Crippen LogP contribution in [0, 0.1) is 17.3 Å². The topological polar surface area (TPSA) is 27.0 Å². The summed E-state index contributed by atoms with van der Waals surface area (Å²) in [7, 11) is 1.65. The van der Waals surface area contributed by atoms with Crippen LogP contribution in [0.2, 0.25) is 0 Å². The van der Waals surface area contributed by atoms with Crippen molar-refractivity contribution < 1.29 is 4.39 Å². The van der Waals surface area contributed by atoms with Gasteiger partial charge in [0.2, 0.25) is 0 Å². The normalized spacial score (nSPS) is 9.38. The third-order valence-corrected chi connectivity index (χ3v) is 1.97. The van der Waals surface area contributed by atoms with Gasteiger partial charge < -0.3 is 4.90 Å². The van der Waals surface area contributed by atoms with Crippen molar-refractivity contribution in [3.05, 3.63) is 34.1 Å². The van der Waals surface area contributed by atoms with Gasteiger partial charge in [-0.1, -0.05) is 15.9 Å². The van der Waals surface area contributed by atoms with E-state index in [9.17, 15) is 4.39 Å². The van der Waals surface area contributed by atoms with E-state index in [2.05, 4.69) is 15.9 Å². The summed E-state index contributed by atoms with van der Waals surface area (Å²) in [5.41, 5.74) is 0.774. The first-order chi connectivity index (χ1) is 6.11. The zero-order valence-electron chi connectivity index (χ0n) is 7.09. The first-order valence-corrected chi connectivity index (χ1v) is 4.47. The van der Waals surface area contributed by atoms with E-state index in [1.54, 1.807) is 13.1 Å². The summed E-state index contributed by atoms with van der Waals surface area (Å²) in [6.45, 7) is 0.423. The number of hydrogen-bond acceptors (Lipinski definition) is 2. The minimum Gasteiger partial charge on any atom is -0.309 e. The van der Waals surface area contributed by atoms with Crippen LogP contribution in [0.1, 0.15) is 5.56 Å². The van der Waals surface area contributed by atoms with Crippen LogP contribution in [-0.2, 0) is 6.54 Å². The van der Waals surface area contributed by atoms with Gasteiger partial charge in [0.05, 0.1) is 6.54 Å². The highest BCUT2D eigenvalue weighted by molar-refractivity contribution is 9.10. The fourth-order valence-electron chi connectivity index (χ4n) is 1.01. The minimum absolute atomic E-state index is 0.296. The average Bonchev–Trinajstić information content (AvgIpc) is 2.02. The highest BCUT2D eigenvalue weighted by Gasteiger charge is 2.01. The van der Waals surface area contributed by atoms with Gasteiger partial charge in [0.25, 0.3) is 0 Å². The predicted molar refractivity (Wildman–Crippen MR) is 51.2 cm³/mol. The van der Waals surface area contributed by atoms with Crippen LogP contribution in [0.4, 0.5) is 4.39 Å². The van der Waals surface area contributed by atoms with Crippen molar-refractivity contribution in [1.29, 1.82) is 5.26 Å². The Morgan fingerprint density at radius 1 is 1.54 bits per heavy atom. The highest BCUT2D eigenvalue weighted by Crippen LogP contribution is 2.15. The second-order valence-electron chi connectivity index (χ2n) is 2.73. The quantitative estimate of drug-likeness (QED) is 0.589.